The fraction of sp³-hybridized carbons (Fsp3) is 0. The summed E-state index contributed by atoms with van der Waals surface area (Å²) in [5, 5.41) is 22.6. The van der Waals surface area contributed by atoms with Crippen molar-refractivity contribution in [1.82, 2.24) is 0 Å². The Morgan fingerprint density at radius 1 is 1.25 bits per heavy atom. The number of non-ortho nitro benzene ring substituents is 1. The van der Waals surface area contributed by atoms with Gasteiger partial charge in [-0.2, -0.15) is 0 Å². The molecule has 0 saturated carbocycles. The number of carbonyl (C=O) groups excluding carboxylic acids is 1. The summed E-state index contributed by atoms with van der Waals surface area (Å²) in [5.41, 5.74) is 0.122. The first kappa shape index (κ1) is 13.8. The summed E-state index contributed by atoms with van der Waals surface area (Å²) < 4.78 is 0. The van der Waals surface area contributed by atoms with Crippen molar-refractivity contribution < 1.29 is 14.8 Å². The molecule has 0 unspecified atom stereocenters. The van der Waals surface area contributed by atoms with Gasteiger partial charge in [0.1, 0.15) is 5.75 Å². The summed E-state index contributed by atoms with van der Waals surface area (Å²) in [4.78, 5) is 22.1. The lowest BCUT2D eigenvalue weighted by atomic mass is 10.2. The lowest BCUT2D eigenvalue weighted by Gasteiger charge is -2.07. The SMILES string of the molecule is O=C(Nc1cccc(O)c1)c1cc([N+](=O)[O-])ccc1Cl. The number of benzene rings is 2. The van der Waals surface area contributed by atoms with Crippen LogP contribution in [0.4, 0.5) is 11.4 Å². The molecule has 0 aromatic heterocycles. The Hall–Kier alpha value is -2.60. The van der Waals surface area contributed by atoms with E-state index in [0.29, 0.717) is 5.69 Å². The van der Waals surface area contributed by atoms with E-state index in [9.17, 15) is 20.0 Å². The summed E-state index contributed by atoms with van der Waals surface area (Å²) in [6.07, 6.45) is 0. The number of nitrogens with one attached hydrogen (secondary N) is 1. The fourth-order valence-corrected chi connectivity index (χ4v) is 1.79. The van der Waals surface area contributed by atoms with Gasteiger partial charge in [-0.3, -0.25) is 14.9 Å². The molecule has 0 spiro atoms. The highest BCUT2D eigenvalue weighted by Gasteiger charge is 2.16. The lowest BCUT2D eigenvalue weighted by molar-refractivity contribution is -0.384. The van der Waals surface area contributed by atoms with E-state index in [2.05, 4.69) is 5.32 Å². The molecule has 0 radical (unpaired) electrons. The summed E-state index contributed by atoms with van der Waals surface area (Å²) in [5.74, 6) is -0.600. The Morgan fingerprint density at radius 2 is 2.00 bits per heavy atom. The smallest absolute Gasteiger partial charge is 0.270 e. The van der Waals surface area contributed by atoms with Crippen LogP contribution in [0.5, 0.6) is 5.75 Å². The third kappa shape index (κ3) is 3.04. The largest absolute Gasteiger partial charge is 0.508 e. The van der Waals surface area contributed by atoms with E-state index in [1.807, 2.05) is 0 Å². The number of hydrogen-bond acceptors (Lipinski definition) is 4. The number of anilines is 1. The second-order valence-electron chi connectivity index (χ2n) is 3.93. The van der Waals surface area contributed by atoms with Crippen molar-refractivity contribution in [1.29, 1.82) is 0 Å². The number of rotatable bonds is 3. The summed E-state index contributed by atoms with van der Waals surface area (Å²) in [7, 11) is 0. The first-order valence-corrected chi connectivity index (χ1v) is 5.89. The molecule has 1 amide bonds. The molecule has 6 nitrogen and oxygen atoms in total. The summed E-state index contributed by atoms with van der Waals surface area (Å²) in [6, 6.07) is 9.53. The van der Waals surface area contributed by atoms with Gasteiger partial charge in [-0.15, -0.1) is 0 Å². The van der Waals surface area contributed by atoms with Gasteiger partial charge in [0.2, 0.25) is 0 Å². The minimum absolute atomic E-state index is 0.00654. The van der Waals surface area contributed by atoms with Crippen LogP contribution in [0.2, 0.25) is 5.02 Å². The number of nitro groups is 1. The minimum Gasteiger partial charge on any atom is -0.508 e. The zero-order valence-corrected chi connectivity index (χ0v) is 10.8. The van der Waals surface area contributed by atoms with Gasteiger partial charge >= 0.3 is 0 Å². The Kier molecular flexibility index (Phi) is 3.86. The normalized spacial score (nSPS) is 10.1. The van der Waals surface area contributed by atoms with Crippen molar-refractivity contribution in [3.8, 4) is 5.75 Å². The average molecular weight is 293 g/mol. The maximum absolute atomic E-state index is 12.0. The molecule has 2 aromatic carbocycles. The minimum atomic E-state index is -0.610. The number of nitro benzene ring substituents is 1. The average Bonchev–Trinajstić information content (AvgIpc) is 2.38. The van der Waals surface area contributed by atoms with Gasteiger partial charge in [-0.1, -0.05) is 17.7 Å². The number of carbonyl (C=O) groups is 1. The highest BCUT2D eigenvalue weighted by Crippen LogP contribution is 2.23. The molecule has 2 aromatic rings. The number of aromatic hydroxyl groups is 1. The molecule has 20 heavy (non-hydrogen) atoms. The maximum atomic E-state index is 12.0. The van der Waals surface area contributed by atoms with Crippen LogP contribution in [0.3, 0.4) is 0 Å². The van der Waals surface area contributed by atoms with Crippen molar-refractivity contribution >= 4 is 28.9 Å². The lowest BCUT2D eigenvalue weighted by Crippen LogP contribution is -2.12. The molecular formula is C13H9ClN2O4. The Labute approximate surface area is 118 Å². The van der Waals surface area contributed by atoms with Gasteiger partial charge in [0.15, 0.2) is 0 Å². The van der Waals surface area contributed by atoms with E-state index in [0.717, 1.165) is 6.07 Å². The van der Waals surface area contributed by atoms with Gasteiger partial charge in [-0.25, -0.2) is 0 Å². The van der Waals surface area contributed by atoms with E-state index in [-0.39, 0.29) is 22.0 Å². The van der Waals surface area contributed by atoms with Crippen LogP contribution in [-0.2, 0) is 0 Å². The zero-order chi connectivity index (χ0) is 14.7. The number of hydrogen-bond donors (Lipinski definition) is 2. The highest BCUT2D eigenvalue weighted by molar-refractivity contribution is 6.34. The highest BCUT2D eigenvalue weighted by atomic mass is 35.5. The van der Waals surface area contributed by atoms with Crippen LogP contribution in [0.1, 0.15) is 10.4 Å². The van der Waals surface area contributed by atoms with Crippen molar-refractivity contribution in [3.63, 3.8) is 0 Å². The quantitative estimate of drug-likeness (QED) is 0.671. The maximum Gasteiger partial charge on any atom is 0.270 e. The number of halogens is 1. The van der Waals surface area contributed by atoms with Crippen LogP contribution in [0.15, 0.2) is 42.5 Å². The Bertz CT molecular complexity index is 688. The van der Waals surface area contributed by atoms with E-state index in [4.69, 9.17) is 11.6 Å². The van der Waals surface area contributed by atoms with Gasteiger partial charge in [0.05, 0.1) is 15.5 Å². The molecule has 2 rings (SSSR count). The second kappa shape index (κ2) is 5.58. The van der Waals surface area contributed by atoms with Crippen molar-refractivity contribution in [3.05, 3.63) is 63.2 Å². The number of phenolic OH excluding ortho intramolecular Hbond substituents is 1. The molecule has 0 aliphatic rings. The summed E-state index contributed by atoms with van der Waals surface area (Å²) >= 11 is 5.86. The van der Waals surface area contributed by atoms with Crippen LogP contribution in [0, 0.1) is 10.1 Å². The van der Waals surface area contributed by atoms with Crippen molar-refractivity contribution in [2.24, 2.45) is 0 Å². The van der Waals surface area contributed by atoms with E-state index in [1.54, 1.807) is 12.1 Å². The van der Waals surface area contributed by atoms with Crippen LogP contribution in [-0.4, -0.2) is 15.9 Å². The third-order valence-electron chi connectivity index (χ3n) is 2.51. The first-order valence-electron chi connectivity index (χ1n) is 5.51. The third-order valence-corrected chi connectivity index (χ3v) is 2.84. The summed E-state index contributed by atoms with van der Waals surface area (Å²) in [6.45, 7) is 0. The molecule has 102 valence electrons. The molecular weight excluding hydrogens is 284 g/mol. The molecule has 0 heterocycles. The van der Waals surface area contributed by atoms with Crippen LogP contribution in [0.25, 0.3) is 0 Å². The van der Waals surface area contributed by atoms with Crippen LogP contribution >= 0.6 is 11.6 Å². The monoisotopic (exact) mass is 292 g/mol. The van der Waals surface area contributed by atoms with Crippen molar-refractivity contribution in [2.75, 3.05) is 5.32 Å². The van der Waals surface area contributed by atoms with E-state index < -0.39 is 10.8 Å². The Balaban J connectivity index is 2.29. The number of phenols is 1. The molecule has 7 heteroatoms. The second-order valence-corrected chi connectivity index (χ2v) is 4.33. The van der Waals surface area contributed by atoms with Crippen LogP contribution < -0.4 is 5.32 Å². The molecule has 0 atom stereocenters. The van der Waals surface area contributed by atoms with Crippen molar-refractivity contribution in [2.45, 2.75) is 0 Å². The van der Waals surface area contributed by atoms with E-state index in [1.165, 1.54) is 24.3 Å². The van der Waals surface area contributed by atoms with E-state index >= 15 is 0 Å². The van der Waals surface area contributed by atoms with Gasteiger partial charge in [-0.05, 0) is 18.2 Å². The fourth-order valence-electron chi connectivity index (χ4n) is 1.58. The van der Waals surface area contributed by atoms with Gasteiger partial charge in [0, 0.05) is 23.9 Å². The zero-order valence-electron chi connectivity index (χ0n) is 10.0. The topological polar surface area (TPSA) is 92.5 Å². The molecule has 0 aliphatic carbocycles. The first-order chi connectivity index (χ1) is 9.47. The molecule has 0 aliphatic heterocycles. The molecule has 0 fully saturated rings. The molecule has 0 bridgehead atoms. The Morgan fingerprint density at radius 3 is 2.65 bits per heavy atom. The number of nitrogens with zero attached hydrogens (tertiary/aromatic N) is 1. The van der Waals surface area contributed by atoms with Gasteiger partial charge in [0.25, 0.3) is 11.6 Å². The predicted octanol–water partition coefficient (Wildman–Crippen LogP) is 3.21. The molecule has 0 saturated heterocycles. The standard InChI is InChI=1S/C13H9ClN2O4/c14-12-5-4-9(16(19)20)7-11(12)13(18)15-8-2-1-3-10(17)6-8/h1-7,17H,(H,15,18). The number of amides is 1. The predicted molar refractivity (Wildman–Crippen MR) is 74.2 cm³/mol. The molecule has 2 N–H and O–H groups in total. The van der Waals surface area contributed by atoms with Gasteiger partial charge < -0.3 is 10.4 Å².